The molecule has 22 heavy (non-hydrogen) atoms. The van der Waals surface area contributed by atoms with E-state index in [1.54, 1.807) is 18.2 Å². The van der Waals surface area contributed by atoms with Crippen LogP contribution in [0, 0.1) is 10.1 Å². The summed E-state index contributed by atoms with van der Waals surface area (Å²) in [6.07, 6.45) is 0.689. The van der Waals surface area contributed by atoms with Gasteiger partial charge in [-0.1, -0.05) is 36.4 Å². The molecule has 2 heterocycles. The van der Waals surface area contributed by atoms with E-state index in [0.717, 1.165) is 5.39 Å². The average molecular weight is 293 g/mol. The molecular formula is C17H11NO4. The molecule has 1 aliphatic rings. The van der Waals surface area contributed by atoms with E-state index in [2.05, 4.69) is 0 Å². The maximum absolute atomic E-state index is 11.4. The number of benzene rings is 2. The Balaban J connectivity index is 1.85. The normalized spacial score (nSPS) is 16.7. The highest BCUT2D eigenvalue weighted by atomic mass is 16.6. The third-order valence-corrected chi connectivity index (χ3v) is 3.65. The standard InChI is InChI=1S/C17H11NO4/c19-18(20)13-9-11-5-1-4-8-15(11)22-17(13)16-10-12-6-2-3-7-14(12)21-16/h1-10,17H. The van der Waals surface area contributed by atoms with Gasteiger partial charge in [-0.3, -0.25) is 10.1 Å². The lowest BCUT2D eigenvalue weighted by Crippen LogP contribution is -2.19. The molecule has 108 valence electrons. The predicted octanol–water partition coefficient (Wildman–Crippen LogP) is 4.18. The summed E-state index contributed by atoms with van der Waals surface area (Å²) in [5, 5.41) is 12.3. The lowest BCUT2D eigenvalue weighted by atomic mass is 10.1. The van der Waals surface area contributed by atoms with Gasteiger partial charge in [0, 0.05) is 17.0 Å². The van der Waals surface area contributed by atoms with Crippen molar-refractivity contribution in [2.75, 3.05) is 0 Å². The second kappa shape index (κ2) is 4.73. The molecule has 4 rings (SSSR count). The highest BCUT2D eigenvalue weighted by molar-refractivity contribution is 5.78. The maximum Gasteiger partial charge on any atom is 0.295 e. The lowest BCUT2D eigenvalue weighted by molar-refractivity contribution is -0.435. The molecule has 0 aliphatic carbocycles. The van der Waals surface area contributed by atoms with E-state index < -0.39 is 11.0 Å². The van der Waals surface area contributed by atoms with Crippen molar-refractivity contribution in [3.63, 3.8) is 0 Å². The Hall–Kier alpha value is -3.08. The summed E-state index contributed by atoms with van der Waals surface area (Å²) in [6.45, 7) is 0. The zero-order chi connectivity index (χ0) is 15.1. The SMILES string of the molecule is O=[N+]([O-])C1=Cc2ccccc2OC1c1cc2ccccc2o1. The smallest absolute Gasteiger partial charge is 0.295 e. The van der Waals surface area contributed by atoms with Crippen molar-refractivity contribution in [2.45, 2.75) is 6.10 Å². The third-order valence-electron chi connectivity index (χ3n) is 3.65. The summed E-state index contributed by atoms with van der Waals surface area (Å²) in [5.74, 6) is 1.04. The first-order valence-electron chi connectivity index (χ1n) is 6.82. The van der Waals surface area contributed by atoms with Crippen LogP contribution in [0.5, 0.6) is 5.75 Å². The molecule has 0 N–H and O–H groups in total. The van der Waals surface area contributed by atoms with Crippen molar-refractivity contribution in [1.82, 2.24) is 0 Å². The van der Waals surface area contributed by atoms with Crippen LogP contribution >= 0.6 is 0 Å². The monoisotopic (exact) mass is 293 g/mol. The van der Waals surface area contributed by atoms with Crippen LogP contribution < -0.4 is 4.74 Å². The number of hydrogen-bond acceptors (Lipinski definition) is 4. The summed E-state index contributed by atoms with van der Waals surface area (Å²) in [4.78, 5) is 11.0. The topological polar surface area (TPSA) is 65.5 Å². The van der Waals surface area contributed by atoms with Crippen molar-refractivity contribution in [1.29, 1.82) is 0 Å². The number of hydrogen-bond donors (Lipinski definition) is 0. The molecule has 5 heteroatoms. The van der Waals surface area contributed by atoms with E-state index in [9.17, 15) is 10.1 Å². The Bertz CT molecular complexity index is 877. The van der Waals surface area contributed by atoms with E-state index in [1.165, 1.54) is 6.08 Å². The molecule has 0 bridgehead atoms. The van der Waals surface area contributed by atoms with Crippen LogP contribution in [0.15, 0.2) is 64.7 Å². The molecular weight excluding hydrogens is 282 g/mol. The lowest BCUT2D eigenvalue weighted by Gasteiger charge is -2.20. The van der Waals surface area contributed by atoms with Crippen LogP contribution in [-0.4, -0.2) is 4.92 Å². The van der Waals surface area contributed by atoms with E-state index in [4.69, 9.17) is 9.15 Å². The fraction of sp³-hybridized carbons (Fsp3) is 0.0588. The molecule has 0 saturated carbocycles. The molecule has 1 aliphatic heterocycles. The minimum absolute atomic E-state index is 0.0299. The van der Waals surface area contributed by atoms with Gasteiger partial charge in [-0.05, 0) is 18.2 Å². The number of rotatable bonds is 2. The molecule has 2 aromatic carbocycles. The molecule has 0 fully saturated rings. The molecule has 0 saturated heterocycles. The fourth-order valence-corrected chi connectivity index (χ4v) is 2.61. The molecule has 0 amide bonds. The van der Waals surface area contributed by atoms with Crippen LogP contribution in [0.4, 0.5) is 0 Å². The first-order chi connectivity index (χ1) is 10.7. The number of nitrogens with zero attached hydrogens (tertiary/aromatic N) is 1. The molecule has 1 atom stereocenters. The summed E-state index contributed by atoms with van der Waals surface area (Å²) < 4.78 is 11.6. The number of furan rings is 1. The fourth-order valence-electron chi connectivity index (χ4n) is 2.61. The number of ether oxygens (including phenoxy) is 1. The average Bonchev–Trinajstić information content (AvgIpc) is 2.97. The predicted molar refractivity (Wildman–Crippen MR) is 81.0 cm³/mol. The van der Waals surface area contributed by atoms with Crippen LogP contribution in [0.25, 0.3) is 17.0 Å². The van der Waals surface area contributed by atoms with Gasteiger partial charge < -0.3 is 9.15 Å². The number of nitro groups is 1. The van der Waals surface area contributed by atoms with E-state index >= 15 is 0 Å². The largest absolute Gasteiger partial charge is 0.470 e. The van der Waals surface area contributed by atoms with Gasteiger partial charge in [0.05, 0.1) is 4.92 Å². The first kappa shape index (κ1) is 12.6. The minimum Gasteiger partial charge on any atom is -0.470 e. The maximum atomic E-state index is 11.4. The Labute approximate surface area is 125 Å². The van der Waals surface area contributed by atoms with Gasteiger partial charge in [0.15, 0.2) is 5.76 Å². The van der Waals surface area contributed by atoms with Gasteiger partial charge in [-0.2, -0.15) is 0 Å². The van der Waals surface area contributed by atoms with Crippen LogP contribution in [0.3, 0.4) is 0 Å². The summed E-state index contributed by atoms with van der Waals surface area (Å²) >= 11 is 0. The summed E-state index contributed by atoms with van der Waals surface area (Å²) in [6, 6.07) is 16.5. The Morgan fingerprint density at radius 1 is 1.05 bits per heavy atom. The van der Waals surface area contributed by atoms with E-state index in [0.29, 0.717) is 22.7 Å². The number of fused-ring (bicyclic) bond motifs is 2. The summed E-state index contributed by atoms with van der Waals surface area (Å²) in [7, 11) is 0. The Morgan fingerprint density at radius 2 is 1.82 bits per heavy atom. The van der Waals surface area contributed by atoms with Crippen molar-refractivity contribution < 1.29 is 14.1 Å². The highest BCUT2D eigenvalue weighted by Crippen LogP contribution is 2.39. The Kier molecular flexibility index (Phi) is 2.72. The van der Waals surface area contributed by atoms with Crippen LogP contribution in [0.1, 0.15) is 17.4 Å². The minimum atomic E-state index is -0.850. The van der Waals surface area contributed by atoms with Gasteiger partial charge >= 0.3 is 0 Å². The van der Waals surface area contributed by atoms with Gasteiger partial charge in [0.1, 0.15) is 11.3 Å². The zero-order valence-electron chi connectivity index (χ0n) is 11.4. The molecule has 3 aromatic rings. The zero-order valence-corrected chi connectivity index (χ0v) is 11.4. The molecule has 0 radical (unpaired) electrons. The van der Waals surface area contributed by atoms with Crippen molar-refractivity contribution in [3.8, 4) is 5.75 Å². The second-order valence-electron chi connectivity index (χ2n) is 5.05. The quantitative estimate of drug-likeness (QED) is 0.525. The van der Waals surface area contributed by atoms with E-state index in [1.807, 2.05) is 36.4 Å². The van der Waals surface area contributed by atoms with Gasteiger partial charge in [-0.25, -0.2) is 0 Å². The Morgan fingerprint density at radius 3 is 2.64 bits per heavy atom. The summed E-state index contributed by atoms with van der Waals surface area (Å²) in [5.41, 5.74) is 1.35. The van der Waals surface area contributed by atoms with E-state index in [-0.39, 0.29) is 5.70 Å². The van der Waals surface area contributed by atoms with Crippen molar-refractivity contribution in [3.05, 3.63) is 81.7 Å². The third kappa shape index (κ3) is 1.95. The number of para-hydroxylation sites is 2. The first-order valence-corrected chi connectivity index (χ1v) is 6.82. The van der Waals surface area contributed by atoms with Crippen LogP contribution in [-0.2, 0) is 0 Å². The van der Waals surface area contributed by atoms with Crippen molar-refractivity contribution in [2.24, 2.45) is 0 Å². The van der Waals surface area contributed by atoms with Crippen LogP contribution in [0.2, 0.25) is 0 Å². The van der Waals surface area contributed by atoms with Gasteiger partial charge in [0.25, 0.3) is 5.70 Å². The highest BCUT2D eigenvalue weighted by Gasteiger charge is 2.35. The molecule has 1 unspecified atom stereocenters. The van der Waals surface area contributed by atoms with Gasteiger partial charge in [-0.15, -0.1) is 0 Å². The molecule has 5 nitrogen and oxygen atoms in total. The van der Waals surface area contributed by atoms with Gasteiger partial charge in [0.2, 0.25) is 6.10 Å². The molecule has 1 aromatic heterocycles. The molecule has 0 spiro atoms. The second-order valence-corrected chi connectivity index (χ2v) is 5.05. The van der Waals surface area contributed by atoms with Crippen molar-refractivity contribution >= 4 is 17.0 Å².